The maximum atomic E-state index is 12.4. The first-order valence-electron chi connectivity index (χ1n) is 11.0. The lowest BCUT2D eigenvalue weighted by molar-refractivity contribution is -0.118. The number of carbonyl (C=O) groups is 1. The summed E-state index contributed by atoms with van der Waals surface area (Å²) in [6.07, 6.45) is 4.55. The maximum Gasteiger partial charge on any atom is 0.262 e. The van der Waals surface area contributed by atoms with Gasteiger partial charge < -0.3 is 14.6 Å². The number of carbonyl (C=O) groups excluding carboxylic acids is 1. The second-order valence-electron chi connectivity index (χ2n) is 9.06. The second-order valence-corrected chi connectivity index (χ2v) is 9.06. The van der Waals surface area contributed by atoms with Gasteiger partial charge in [-0.3, -0.25) is 4.79 Å². The van der Waals surface area contributed by atoms with Gasteiger partial charge in [0, 0.05) is 24.2 Å². The van der Waals surface area contributed by atoms with Crippen LogP contribution < -0.4 is 10.1 Å². The molecule has 2 aromatic carbocycles. The Hall–Kier alpha value is -3.15. The minimum absolute atomic E-state index is 0.0352. The third-order valence-corrected chi connectivity index (χ3v) is 5.59. The van der Waals surface area contributed by atoms with Crippen molar-refractivity contribution in [1.29, 1.82) is 0 Å². The number of hydrogen-bond acceptors (Lipinski definition) is 4. The predicted octanol–water partition coefficient (Wildman–Crippen LogP) is 4.99. The molecule has 0 unspecified atom stereocenters. The standard InChI is InChI=1S/C25H30N4O2/c1-25(2,3)20-9-6-7-10-21(20)31-17-23(30)26-19-14-12-18(13-15-19)24-28-27-22-11-5-4-8-16-29(22)24/h6-7,9-10,12-15H,4-5,8,11,16-17H2,1-3H3,(H,26,30). The third-order valence-electron chi connectivity index (χ3n) is 5.59. The topological polar surface area (TPSA) is 69.0 Å². The van der Waals surface area contributed by atoms with Crippen molar-refractivity contribution >= 4 is 11.6 Å². The van der Waals surface area contributed by atoms with Gasteiger partial charge in [-0.1, -0.05) is 45.4 Å². The lowest BCUT2D eigenvalue weighted by Crippen LogP contribution is -2.21. The molecule has 1 aliphatic rings. The number of rotatable bonds is 5. The Morgan fingerprint density at radius 1 is 1.03 bits per heavy atom. The normalized spacial score (nSPS) is 13.9. The van der Waals surface area contributed by atoms with E-state index in [0.717, 1.165) is 53.6 Å². The second kappa shape index (κ2) is 8.92. The van der Waals surface area contributed by atoms with Crippen molar-refractivity contribution in [2.24, 2.45) is 0 Å². The van der Waals surface area contributed by atoms with Gasteiger partial charge in [-0.2, -0.15) is 0 Å². The van der Waals surface area contributed by atoms with Crippen LogP contribution >= 0.6 is 0 Å². The van der Waals surface area contributed by atoms with Crippen LogP contribution in [0.4, 0.5) is 5.69 Å². The van der Waals surface area contributed by atoms with Crippen molar-refractivity contribution in [3.8, 4) is 17.1 Å². The van der Waals surface area contributed by atoms with Gasteiger partial charge in [0.1, 0.15) is 11.6 Å². The highest BCUT2D eigenvalue weighted by atomic mass is 16.5. The number of aromatic nitrogens is 3. The molecule has 6 nitrogen and oxygen atoms in total. The minimum Gasteiger partial charge on any atom is -0.483 e. The summed E-state index contributed by atoms with van der Waals surface area (Å²) in [6.45, 7) is 7.32. The number of anilines is 1. The van der Waals surface area contributed by atoms with Crippen LogP contribution in [0, 0.1) is 0 Å². The fourth-order valence-corrected chi connectivity index (χ4v) is 3.95. The third kappa shape index (κ3) is 4.95. The quantitative estimate of drug-likeness (QED) is 0.634. The highest BCUT2D eigenvalue weighted by molar-refractivity contribution is 5.92. The van der Waals surface area contributed by atoms with Crippen LogP contribution in [0.15, 0.2) is 48.5 Å². The van der Waals surface area contributed by atoms with E-state index < -0.39 is 0 Å². The van der Waals surface area contributed by atoms with Crippen LogP contribution in [0.2, 0.25) is 0 Å². The van der Waals surface area contributed by atoms with Gasteiger partial charge in [0.2, 0.25) is 0 Å². The molecule has 1 aromatic heterocycles. The molecule has 31 heavy (non-hydrogen) atoms. The molecule has 0 saturated carbocycles. The number of aryl methyl sites for hydroxylation is 1. The summed E-state index contributed by atoms with van der Waals surface area (Å²) < 4.78 is 8.04. The number of nitrogens with one attached hydrogen (secondary N) is 1. The Balaban J connectivity index is 1.39. The molecule has 1 N–H and O–H groups in total. The molecular weight excluding hydrogens is 388 g/mol. The monoisotopic (exact) mass is 418 g/mol. The lowest BCUT2D eigenvalue weighted by atomic mass is 9.86. The summed E-state index contributed by atoms with van der Waals surface area (Å²) in [5.74, 6) is 2.52. The molecule has 0 spiro atoms. The summed E-state index contributed by atoms with van der Waals surface area (Å²) >= 11 is 0. The van der Waals surface area contributed by atoms with Gasteiger partial charge in [-0.05, 0) is 54.2 Å². The van der Waals surface area contributed by atoms with Gasteiger partial charge in [-0.25, -0.2) is 0 Å². The average Bonchev–Trinajstić information content (AvgIpc) is 3.00. The summed E-state index contributed by atoms with van der Waals surface area (Å²) in [5, 5.41) is 11.7. The molecule has 2 heterocycles. The van der Waals surface area contributed by atoms with Crippen molar-refractivity contribution in [2.45, 2.75) is 58.4 Å². The number of fused-ring (bicyclic) bond motifs is 1. The molecular formula is C25H30N4O2. The van der Waals surface area contributed by atoms with Gasteiger partial charge in [0.05, 0.1) is 0 Å². The molecule has 0 fully saturated rings. The lowest BCUT2D eigenvalue weighted by Gasteiger charge is -2.22. The van der Waals surface area contributed by atoms with Gasteiger partial charge in [0.15, 0.2) is 12.4 Å². The molecule has 162 valence electrons. The number of ether oxygens (including phenoxy) is 1. The van der Waals surface area contributed by atoms with Crippen LogP contribution in [0.1, 0.15) is 51.4 Å². The largest absolute Gasteiger partial charge is 0.483 e. The Kier molecular flexibility index (Phi) is 6.07. The van der Waals surface area contributed by atoms with E-state index in [9.17, 15) is 4.79 Å². The average molecular weight is 419 g/mol. The van der Waals surface area contributed by atoms with E-state index in [1.54, 1.807) is 0 Å². The predicted molar refractivity (Wildman–Crippen MR) is 122 cm³/mol. The van der Waals surface area contributed by atoms with Gasteiger partial charge >= 0.3 is 0 Å². The molecule has 0 saturated heterocycles. The molecule has 0 atom stereocenters. The highest BCUT2D eigenvalue weighted by Gasteiger charge is 2.19. The van der Waals surface area contributed by atoms with Gasteiger partial charge in [0.25, 0.3) is 5.91 Å². The Labute approximate surface area is 183 Å². The Bertz CT molecular complexity index is 1050. The SMILES string of the molecule is CC(C)(C)c1ccccc1OCC(=O)Nc1ccc(-c2nnc3n2CCCCC3)cc1. The zero-order valence-electron chi connectivity index (χ0n) is 18.5. The first-order valence-corrected chi connectivity index (χ1v) is 11.0. The zero-order valence-corrected chi connectivity index (χ0v) is 18.5. The first kappa shape index (κ1) is 21.1. The maximum absolute atomic E-state index is 12.4. The fourth-order valence-electron chi connectivity index (χ4n) is 3.95. The van der Waals surface area contributed by atoms with Gasteiger partial charge in [-0.15, -0.1) is 10.2 Å². The number of para-hydroxylation sites is 1. The molecule has 4 rings (SSSR count). The van der Waals surface area contributed by atoms with Crippen molar-refractivity contribution in [1.82, 2.24) is 14.8 Å². The molecule has 0 aliphatic carbocycles. The van der Waals surface area contributed by atoms with E-state index in [2.05, 4.69) is 40.9 Å². The minimum atomic E-state index is -0.187. The molecule has 6 heteroatoms. The summed E-state index contributed by atoms with van der Waals surface area (Å²) in [4.78, 5) is 12.4. The summed E-state index contributed by atoms with van der Waals surface area (Å²) in [5.41, 5.74) is 2.77. The van der Waals surface area contributed by atoms with E-state index in [0.29, 0.717) is 0 Å². The Morgan fingerprint density at radius 3 is 2.58 bits per heavy atom. The molecule has 0 bridgehead atoms. The highest BCUT2D eigenvalue weighted by Crippen LogP contribution is 2.31. The van der Waals surface area contributed by atoms with E-state index >= 15 is 0 Å². The summed E-state index contributed by atoms with van der Waals surface area (Å²) in [7, 11) is 0. The van der Waals surface area contributed by atoms with E-state index in [1.807, 2.05) is 48.5 Å². The number of nitrogens with zero attached hydrogens (tertiary/aromatic N) is 3. The van der Waals surface area contributed by atoms with Crippen LogP contribution in [-0.2, 0) is 23.2 Å². The molecule has 1 amide bonds. The smallest absolute Gasteiger partial charge is 0.262 e. The molecule has 1 aliphatic heterocycles. The fraction of sp³-hybridized carbons (Fsp3) is 0.400. The van der Waals surface area contributed by atoms with Crippen LogP contribution in [0.5, 0.6) is 5.75 Å². The molecule has 0 radical (unpaired) electrons. The Morgan fingerprint density at radius 2 is 1.81 bits per heavy atom. The van der Waals surface area contributed by atoms with Crippen molar-refractivity contribution in [2.75, 3.05) is 11.9 Å². The van der Waals surface area contributed by atoms with Crippen LogP contribution in [0.25, 0.3) is 11.4 Å². The number of benzene rings is 2. The van der Waals surface area contributed by atoms with E-state index in [-0.39, 0.29) is 17.9 Å². The van der Waals surface area contributed by atoms with Crippen molar-refractivity contribution < 1.29 is 9.53 Å². The van der Waals surface area contributed by atoms with E-state index in [4.69, 9.17) is 4.74 Å². The summed E-state index contributed by atoms with van der Waals surface area (Å²) in [6, 6.07) is 15.6. The van der Waals surface area contributed by atoms with E-state index in [1.165, 1.54) is 12.8 Å². The van der Waals surface area contributed by atoms with Crippen LogP contribution in [-0.4, -0.2) is 27.3 Å². The number of hydrogen-bond donors (Lipinski definition) is 1. The molecule has 3 aromatic rings. The first-order chi connectivity index (χ1) is 14.9. The number of amides is 1. The van der Waals surface area contributed by atoms with Crippen molar-refractivity contribution in [3.63, 3.8) is 0 Å². The van der Waals surface area contributed by atoms with Crippen LogP contribution in [0.3, 0.4) is 0 Å². The zero-order chi connectivity index (χ0) is 21.8. The van der Waals surface area contributed by atoms with Crippen molar-refractivity contribution in [3.05, 3.63) is 59.9 Å².